The first-order valence-electron chi connectivity index (χ1n) is 6.17. The van der Waals surface area contributed by atoms with Crippen LogP contribution in [0.2, 0.25) is 15.1 Å². The van der Waals surface area contributed by atoms with Crippen molar-refractivity contribution in [3.63, 3.8) is 0 Å². The number of halogens is 3. The van der Waals surface area contributed by atoms with E-state index < -0.39 is 0 Å². The summed E-state index contributed by atoms with van der Waals surface area (Å²) >= 11 is 17.9. The second kappa shape index (κ2) is 6.98. The predicted molar refractivity (Wildman–Crippen MR) is 87.8 cm³/mol. The molecule has 0 aliphatic heterocycles. The molecule has 0 bridgehead atoms. The third-order valence-corrected chi connectivity index (χ3v) is 3.44. The number of nitrogens with zero attached hydrogens (tertiary/aromatic N) is 1. The van der Waals surface area contributed by atoms with Gasteiger partial charge in [0.2, 0.25) is 0 Å². The van der Waals surface area contributed by atoms with Gasteiger partial charge < -0.3 is 10.6 Å². The van der Waals surface area contributed by atoms with E-state index in [-0.39, 0.29) is 16.0 Å². The van der Waals surface area contributed by atoms with E-state index >= 15 is 0 Å². The maximum absolute atomic E-state index is 12.2. The summed E-state index contributed by atoms with van der Waals surface area (Å²) in [6.07, 6.45) is 1.55. The average molecular weight is 345 g/mol. The van der Waals surface area contributed by atoms with Gasteiger partial charge in [-0.15, -0.1) is 0 Å². The standard InChI is InChI=1S/C14H12Cl3N3O/c1-2-18-12-5-8(3-4-19-12)14(21)20-13-10(16)6-9(15)7-11(13)17/h3-7H,2H2,1H3,(H,18,19)(H,20,21). The Morgan fingerprint density at radius 1 is 1.19 bits per heavy atom. The van der Waals surface area contributed by atoms with Gasteiger partial charge in [-0.2, -0.15) is 0 Å². The highest BCUT2D eigenvalue weighted by atomic mass is 35.5. The van der Waals surface area contributed by atoms with Crippen molar-refractivity contribution in [3.05, 3.63) is 51.1 Å². The monoisotopic (exact) mass is 343 g/mol. The van der Waals surface area contributed by atoms with Crippen molar-refractivity contribution in [2.45, 2.75) is 6.92 Å². The third-order valence-electron chi connectivity index (χ3n) is 2.63. The number of hydrogen-bond acceptors (Lipinski definition) is 3. The van der Waals surface area contributed by atoms with Crippen molar-refractivity contribution in [3.8, 4) is 0 Å². The molecule has 110 valence electrons. The predicted octanol–water partition coefficient (Wildman–Crippen LogP) is 4.73. The summed E-state index contributed by atoms with van der Waals surface area (Å²) in [5.74, 6) is 0.293. The van der Waals surface area contributed by atoms with Gasteiger partial charge in [0.1, 0.15) is 5.82 Å². The number of aromatic nitrogens is 1. The number of carbonyl (C=O) groups is 1. The largest absolute Gasteiger partial charge is 0.370 e. The van der Waals surface area contributed by atoms with Crippen LogP contribution >= 0.6 is 34.8 Å². The van der Waals surface area contributed by atoms with Crippen LogP contribution in [0.1, 0.15) is 17.3 Å². The van der Waals surface area contributed by atoms with Crippen LogP contribution in [0.15, 0.2) is 30.5 Å². The fraction of sp³-hybridized carbons (Fsp3) is 0.143. The average Bonchev–Trinajstić information content (AvgIpc) is 2.43. The van der Waals surface area contributed by atoms with Crippen molar-refractivity contribution < 1.29 is 4.79 Å². The molecule has 0 saturated carbocycles. The van der Waals surface area contributed by atoms with Crippen LogP contribution in [-0.4, -0.2) is 17.4 Å². The number of nitrogens with one attached hydrogen (secondary N) is 2. The van der Waals surface area contributed by atoms with E-state index in [0.29, 0.717) is 28.6 Å². The lowest BCUT2D eigenvalue weighted by Crippen LogP contribution is -2.13. The van der Waals surface area contributed by atoms with Gasteiger partial charge in [-0.3, -0.25) is 4.79 Å². The molecule has 1 aromatic heterocycles. The molecule has 1 aromatic carbocycles. The Morgan fingerprint density at radius 3 is 2.48 bits per heavy atom. The summed E-state index contributed by atoms with van der Waals surface area (Å²) in [7, 11) is 0. The lowest BCUT2D eigenvalue weighted by atomic mass is 10.2. The van der Waals surface area contributed by atoms with Crippen LogP contribution in [0.3, 0.4) is 0 Å². The number of anilines is 2. The molecule has 2 aromatic rings. The van der Waals surface area contributed by atoms with E-state index in [1.165, 1.54) is 12.1 Å². The fourth-order valence-corrected chi connectivity index (χ4v) is 2.61. The molecule has 2 N–H and O–H groups in total. The van der Waals surface area contributed by atoms with E-state index in [0.717, 1.165) is 0 Å². The third kappa shape index (κ3) is 4.00. The van der Waals surface area contributed by atoms with Gasteiger partial charge in [0, 0.05) is 23.3 Å². The molecule has 0 radical (unpaired) electrons. The Balaban J connectivity index is 2.24. The van der Waals surface area contributed by atoms with Gasteiger partial charge in [-0.05, 0) is 31.2 Å². The first-order chi connectivity index (χ1) is 10.0. The molecule has 0 atom stereocenters. The zero-order chi connectivity index (χ0) is 15.4. The summed E-state index contributed by atoms with van der Waals surface area (Å²) < 4.78 is 0. The lowest BCUT2D eigenvalue weighted by Gasteiger charge is -2.10. The Morgan fingerprint density at radius 2 is 1.86 bits per heavy atom. The number of pyridine rings is 1. The molecule has 2 rings (SSSR count). The maximum atomic E-state index is 12.2. The van der Waals surface area contributed by atoms with E-state index in [1.54, 1.807) is 18.3 Å². The quantitative estimate of drug-likeness (QED) is 0.843. The van der Waals surface area contributed by atoms with Gasteiger partial charge >= 0.3 is 0 Å². The van der Waals surface area contributed by atoms with Gasteiger partial charge in [-0.25, -0.2) is 4.98 Å². The smallest absolute Gasteiger partial charge is 0.255 e. The van der Waals surface area contributed by atoms with E-state index in [9.17, 15) is 4.79 Å². The molecule has 0 aliphatic rings. The molecule has 0 aliphatic carbocycles. The molecular weight excluding hydrogens is 333 g/mol. The van der Waals surface area contributed by atoms with Crippen LogP contribution in [0.25, 0.3) is 0 Å². The molecule has 4 nitrogen and oxygen atoms in total. The number of rotatable bonds is 4. The number of benzene rings is 1. The van der Waals surface area contributed by atoms with Crippen LogP contribution < -0.4 is 10.6 Å². The Hall–Kier alpha value is -1.49. The molecule has 21 heavy (non-hydrogen) atoms. The minimum atomic E-state index is -0.331. The van der Waals surface area contributed by atoms with Crippen molar-refractivity contribution in [1.29, 1.82) is 0 Å². The van der Waals surface area contributed by atoms with Crippen LogP contribution in [0.5, 0.6) is 0 Å². The van der Waals surface area contributed by atoms with Gasteiger partial charge in [0.05, 0.1) is 15.7 Å². The summed E-state index contributed by atoms with van der Waals surface area (Å²) in [6.45, 7) is 2.66. The highest BCUT2D eigenvalue weighted by Gasteiger charge is 2.13. The normalized spacial score (nSPS) is 10.3. The van der Waals surface area contributed by atoms with Crippen LogP contribution in [0.4, 0.5) is 11.5 Å². The summed E-state index contributed by atoms with van der Waals surface area (Å²) in [4.78, 5) is 16.3. The van der Waals surface area contributed by atoms with E-state index in [1.807, 2.05) is 6.92 Å². The van der Waals surface area contributed by atoms with Gasteiger partial charge in [0.25, 0.3) is 5.91 Å². The second-order valence-corrected chi connectivity index (χ2v) is 5.41. The number of amides is 1. The SMILES string of the molecule is CCNc1cc(C(=O)Nc2c(Cl)cc(Cl)cc2Cl)ccn1. The molecule has 0 fully saturated rings. The van der Waals surface area contributed by atoms with E-state index in [4.69, 9.17) is 34.8 Å². The van der Waals surface area contributed by atoms with Gasteiger partial charge in [-0.1, -0.05) is 34.8 Å². The second-order valence-electron chi connectivity index (χ2n) is 4.16. The Bertz CT molecular complexity index is 653. The minimum absolute atomic E-state index is 0.279. The molecule has 1 amide bonds. The topological polar surface area (TPSA) is 54.0 Å². The van der Waals surface area contributed by atoms with E-state index in [2.05, 4.69) is 15.6 Å². The summed E-state index contributed by atoms with van der Waals surface area (Å²) in [5, 5.41) is 6.67. The summed E-state index contributed by atoms with van der Waals surface area (Å²) in [6, 6.07) is 6.28. The van der Waals surface area contributed by atoms with Crippen molar-refractivity contribution >= 4 is 52.2 Å². The fourth-order valence-electron chi connectivity index (χ4n) is 1.70. The first kappa shape index (κ1) is 15.9. The maximum Gasteiger partial charge on any atom is 0.255 e. The van der Waals surface area contributed by atoms with Gasteiger partial charge in [0.15, 0.2) is 0 Å². The number of carbonyl (C=O) groups excluding carboxylic acids is 1. The molecule has 0 saturated heterocycles. The highest BCUT2D eigenvalue weighted by Crippen LogP contribution is 2.33. The first-order valence-corrected chi connectivity index (χ1v) is 7.30. The van der Waals surface area contributed by atoms with Crippen molar-refractivity contribution in [2.75, 3.05) is 17.2 Å². The van der Waals surface area contributed by atoms with Crippen molar-refractivity contribution in [2.24, 2.45) is 0 Å². The number of hydrogen-bond donors (Lipinski definition) is 2. The Kier molecular flexibility index (Phi) is 5.28. The molecule has 0 spiro atoms. The summed E-state index contributed by atoms with van der Waals surface area (Å²) in [5.41, 5.74) is 0.776. The highest BCUT2D eigenvalue weighted by molar-refractivity contribution is 6.42. The Labute approximate surface area is 137 Å². The van der Waals surface area contributed by atoms with Crippen LogP contribution in [0, 0.1) is 0 Å². The molecule has 7 heteroatoms. The molecular formula is C14H12Cl3N3O. The molecule has 0 unspecified atom stereocenters. The molecule has 1 heterocycles. The zero-order valence-electron chi connectivity index (χ0n) is 11.1. The lowest BCUT2D eigenvalue weighted by molar-refractivity contribution is 0.102. The zero-order valence-corrected chi connectivity index (χ0v) is 13.4. The van der Waals surface area contributed by atoms with Crippen LogP contribution in [-0.2, 0) is 0 Å². The minimum Gasteiger partial charge on any atom is -0.370 e. The van der Waals surface area contributed by atoms with Crippen molar-refractivity contribution in [1.82, 2.24) is 4.98 Å².